The van der Waals surface area contributed by atoms with Gasteiger partial charge in [0.1, 0.15) is 24.0 Å². The largest absolute Gasteiger partial charge is 0.488 e. The lowest BCUT2D eigenvalue weighted by molar-refractivity contribution is 0.0835. The minimum absolute atomic E-state index is 0.250. The van der Waals surface area contributed by atoms with Crippen molar-refractivity contribution in [1.29, 1.82) is 0 Å². The molecule has 7 nitrogen and oxygen atoms in total. The van der Waals surface area contributed by atoms with Crippen LogP contribution in [0.5, 0.6) is 17.2 Å². The van der Waals surface area contributed by atoms with Crippen LogP contribution >= 0.6 is 22.9 Å². The molecule has 1 fully saturated rings. The van der Waals surface area contributed by atoms with Crippen molar-refractivity contribution in [2.45, 2.75) is 4.21 Å². The van der Waals surface area contributed by atoms with Gasteiger partial charge in [-0.1, -0.05) is 17.7 Å². The van der Waals surface area contributed by atoms with Crippen LogP contribution in [0.4, 0.5) is 0 Å². The number of rotatable bonds is 8. The highest BCUT2D eigenvalue weighted by Gasteiger charge is 2.28. The average molecular weight is 445 g/mol. The van der Waals surface area contributed by atoms with Gasteiger partial charge in [-0.05, 0) is 30.2 Å². The van der Waals surface area contributed by atoms with Crippen molar-refractivity contribution in [3.63, 3.8) is 0 Å². The Kier molecular flexibility index (Phi) is 5.98. The van der Waals surface area contributed by atoms with Crippen LogP contribution in [0.15, 0.2) is 34.5 Å². The lowest BCUT2D eigenvalue weighted by Crippen LogP contribution is -2.52. The Morgan fingerprint density at radius 3 is 2.82 bits per heavy atom. The Labute approximate surface area is 173 Å². The van der Waals surface area contributed by atoms with E-state index >= 15 is 0 Å². The molecule has 2 aromatic rings. The van der Waals surface area contributed by atoms with Gasteiger partial charge in [0.15, 0.2) is 11.5 Å². The van der Waals surface area contributed by atoms with Gasteiger partial charge in [-0.3, -0.25) is 4.90 Å². The van der Waals surface area contributed by atoms with E-state index < -0.39 is 10.0 Å². The third-order valence-corrected chi connectivity index (χ3v) is 7.75. The van der Waals surface area contributed by atoms with E-state index in [1.807, 2.05) is 18.2 Å². The molecule has 2 aliphatic heterocycles. The number of fused-ring (bicyclic) bond motifs is 1. The van der Waals surface area contributed by atoms with Crippen molar-refractivity contribution in [2.24, 2.45) is 5.92 Å². The van der Waals surface area contributed by atoms with E-state index in [2.05, 4.69) is 9.62 Å². The molecule has 0 aliphatic carbocycles. The van der Waals surface area contributed by atoms with Gasteiger partial charge in [-0.25, -0.2) is 13.1 Å². The quantitative estimate of drug-likeness (QED) is 0.674. The van der Waals surface area contributed by atoms with Gasteiger partial charge in [0.25, 0.3) is 0 Å². The monoisotopic (exact) mass is 444 g/mol. The zero-order chi connectivity index (χ0) is 19.6. The summed E-state index contributed by atoms with van der Waals surface area (Å²) in [6, 6.07) is 8.74. The first kappa shape index (κ1) is 19.8. The molecule has 10 heteroatoms. The summed E-state index contributed by atoms with van der Waals surface area (Å²) in [4.78, 5) is 2.23. The lowest BCUT2D eigenvalue weighted by Gasteiger charge is -2.39. The van der Waals surface area contributed by atoms with Crippen molar-refractivity contribution >= 4 is 33.0 Å². The highest BCUT2D eigenvalue weighted by Crippen LogP contribution is 2.38. The molecular formula is C18H21ClN2O5S2. The van der Waals surface area contributed by atoms with Crippen molar-refractivity contribution in [3.05, 3.63) is 34.7 Å². The summed E-state index contributed by atoms with van der Waals surface area (Å²) in [6.07, 6.45) is 0. The van der Waals surface area contributed by atoms with Crippen molar-refractivity contribution in [1.82, 2.24) is 9.62 Å². The van der Waals surface area contributed by atoms with E-state index in [1.54, 1.807) is 6.07 Å². The molecule has 0 atom stereocenters. The fraction of sp³-hybridized carbons (Fsp3) is 0.444. The highest BCUT2D eigenvalue weighted by molar-refractivity contribution is 7.91. The summed E-state index contributed by atoms with van der Waals surface area (Å²) in [5.41, 5.74) is 0. The summed E-state index contributed by atoms with van der Waals surface area (Å²) in [7, 11) is -3.47. The molecule has 1 aromatic carbocycles. The predicted octanol–water partition coefficient (Wildman–Crippen LogP) is 2.46. The predicted molar refractivity (Wildman–Crippen MR) is 107 cm³/mol. The van der Waals surface area contributed by atoms with Gasteiger partial charge in [-0.2, -0.15) is 0 Å². The van der Waals surface area contributed by atoms with E-state index in [1.165, 1.54) is 6.07 Å². The fourth-order valence-electron chi connectivity index (χ4n) is 3.17. The van der Waals surface area contributed by atoms with Gasteiger partial charge in [0.05, 0.1) is 4.34 Å². The van der Waals surface area contributed by atoms with Crippen LogP contribution in [0.1, 0.15) is 0 Å². The maximum Gasteiger partial charge on any atom is 0.250 e. The lowest BCUT2D eigenvalue weighted by atomic mass is 10.0. The molecule has 152 valence electrons. The smallest absolute Gasteiger partial charge is 0.250 e. The number of hydrogen-bond acceptors (Lipinski definition) is 7. The van der Waals surface area contributed by atoms with Gasteiger partial charge in [-0.15, -0.1) is 11.3 Å². The number of hydrogen-bond donors (Lipinski definition) is 1. The SMILES string of the molecule is O=S(=O)(NCC1CN(CCOc2cccc3c2OCCO3)C1)c1ccc(Cl)s1. The van der Waals surface area contributed by atoms with Crippen LogP contribution in [0, 0.1) is 5.92 Å². The molecule has 3 heterocycles. The number of para-hydroxylation sites is 1. The molecule has 0 unspecified atom stereocenters. The Hall–Kier alpha value is -1.52. The van der Waals surface area contributed by atoms with Gasteiger partial charge < -0.3 is 14.2 Å². The molecule has 0 radical (unpaired) electrons. The molecule has 1 aromatic heterocycles. The van der Waals surface area contributed by atoms with E-state index in [0.29, 0.717) is 53.9 Å². The van der Waals surface area contributed by atoms with Crippen molar-refractivity contribution in [2.75, 3.05) is 46.0 Å². The Bertz CT molecular complexity index is 928. The van der Waals surface area contributed by atoms with Crippen molar-refractivity contribution < 1.29 is 22.6 Å². The van der Waals surface area contributed by atoms with E-state index in [9.17, 15) is 8.42 Å². The Balaban J connectivity index is 1.18. The summed E-state index contributed by atoms with van der Waals surface area (Å²) < 4.78 is 44.8. The molecule has 1 N–H and O–H groups in total. The van der Waals surface area contributed by atoms with Crippen LogP contribution in [0.3, 0.4) is 0 Å². The number of likely N-dealkylation sites (tertiary alicyclic amines) is 1. The molecule has 4 rings (SSSR count). The van der Waals surface area contributed by atoms with Crippen LogP contribution in [-0.4, -0.2) is 59.3 Å². The number of nitrogens with one attached hydrogen (secondary N) is 1. The van der Waals surface area contributed by atoms with Crippen LogP contribution < -0.4 is 18.9 Å². The van der Waals surface area contributed by atoms with Gasteiger partial charge in [0, 0.05) is 26.2 Å². The van der Waals surface area contributed by atoms with E-state index in [0.717, 1.165) is 31.0 Å². The summed E-state index contributed by atoms with van der Waals surface area (Å²) in [6.45, 7) is 4.48. The third kappa shape index (κ3) is 4.55. The summed E-state index contributed by atoms with van der Waals surface area (Å²) >= 11 is 6.87. The number of sulfonamides is 1. The Morgan fingerprint density at radius 1 is 1.21 bits per heavy atom. The number of ether oxygens (including phenoxy) is 3. The first-order chi connectivity index (χ1) is 13.5. The minimum Gasteiger partial charge on any atom is -0.488 e. The van der Waals surface area contributed by atoms with Crippen LogP contribution in [0.2, 0.25) is 4.34 Å². The van der Waals surface area contributed by atoms with E-state index in [-0.39, 0.29) is 4.21 Å². The molecular weight excluding hydrogens is 424 g/mol. The molecule has 1 saturated heterocycles. The summed E-state index contributed by atoms with van der Waals surface area (Å²) in [5, 5.41) is 0. The number of nitrogens with zero attached hydrogens (tertiary/aromatic N) is 1. The number of halogens is 1. The number of thiophene rings is 1. The summed E-state index contributed by atoms with van der Waals surface area (Å²) in [5.74, 6) is 2.37. The number of benzene rings is 1. The van der Waals surface area contributed by atoms with Gasteiger partial charge >= 0.3 is 0 Å². The Morgan fingerprint density at radius 2 is 2.04 bits per heavy atom. The highest BCUT2D eigenvalue weighted by atomic mass is 35.5. The molecule has 0 spiro atoms. The van der Waals surface area contributed by atoms with Crippen molar-refractivity contribution in [3.8, 4) is 17.2 Å². The zero-order valence-electron chi connectivity index (χ0n) is 15.1. The molecule has 2 aliphatic rings. The third-order valence-electron chi connectivity index (χ3n) is 4.60. The maximum atomic E-state index is 12.2. The second kappa shape index (κ2) is 8.46. The standard InChI is InChI=1S/C18H21ClN2O5S2/c19-16-4-5-17(27-16)28(22,23)20-10-13-11-21(12-13)6-7-24-14-2-1-3-15-18(14)26-9-8-25-15/h1-5,13,20H,6-12H2. The topological polar surface area (TPSA) is 77.1 Å². The van der Waals surface area contributed by atoms with Gasteiger partial charge in [0.2, 0.25) is 15.8 Å². The second-order valence-corrected chi connectivity index (χ2v) is 10.4. The maximum absolute atomic E-state index is 12.2. The molecule has 0 bridgehead atoms. The molecule has 0 saturated carbocycles. The molecule has 0 amide bonds. The average Bonchev–Trinajstić information content (AvgIpc) is 3.10. The first-order valence-electron chi connectivity index (χ1n) is 9.00. The van der Waals surface area contributed by atoms with Crippen LogP contribution in [0.25, 0.3) is 0 Å². The van der Waals surface area contributed by atoms with Crippen LogP contribution in [-0.2, 0) is 10.0 Å². The first-order valence-corrected chi connectivity index (χ1v) is 11.7. The normalized spacial score (nSPS) is 17.3. The minimum atomic E-state index is -3.47. The second-order valence-electron chi connectivity index (χ2n) is 6.66. The molecule has 28 heavy (non-hydrogen) atoms. The zero-order valence-corrected chi connectivity index (χ0v) is 17.5. The fourth-order valence-corrected chi connectivity index (χ4v) is 5.82. The van der Waals surface area contributed by atoms with E-state index in [4.69, 9.17) is 25.8 Å².